The molecule has 5 rings (SSSR count). The van der Waals surface area contributed by atoms with Crippen LogP contribution in [-0.2, 0) is 36.3 Å². The number of unbranched alkanes of at least 4 members (excludes halogenated alkanes) is 1. The van der Waals surface area contributed by atoms with Crippen LogP contribution < -0.4 is 15.6 Å². The molecule has 1 fully saturated rings. The number of ether oxygens (including phenoxy) is 1. The van der Waals surface area contributed by atoms with E-state index in [9.17, 15) is 29.3 Å². The van der Waals surface area contributed by atoms with Crippen molar-refractivity contribution in [3.63, 3.8) is 0 Å². The number of hydrogen-bond acceptors (Lipinski definition) is 10. The fraction of sp³-hybridized carbons (Fsp3) is 0.344. The maximum absolute atomic E-state index is 12.8. The Morgan fingerprint density at radius 1 is 1.00 bits per heavy atom. The second-order valence-electron chi connectivity index (χ2n) is 11.2. The summed E-state index contributed by atoms with van der Waals surface area (Å²) in [5.74, 6) is -0.761. The smallest absolute Gasteiger partial charge is 0.387 e. The van der Waals surface area contributed by atoms with Crippen LogP contribution in [0.25, 0.3) is 0 Å². The average Bonchev–Trinajstić information content (AvgIpc) is 3.67. The minimum Gasteiger partial charge on any atom is -0.387 e. The van der Waals surface area contributed by atoms with E-state index in [0.29, 0.717) is 25.8 Å². The summed E-state index contributed by atoms with van der Waals surface area (Å²) in [5.41, 5.74) is 7.72. The molecule has 16 heteroatoms. The second kappa shape index (κ2) is 16.2. The molecule has 48 heavy (non-hydrogen) atoms. The van der Waals surface area contributed by atoms with E-state index in [0.717, 1.165) is 11.1 Å². The van der Waals surface area contributed by atoms with E-state index in [4.69, 9.17) is 19.5 Å². The van der Waals surface area contributed by atoms with Gasteiger partial charge in [-0.25, -0.2) is 4.57 Å². The molecule has 4 aromatic rings. The van der Waals surface area contributed by atoms with E-state index in [1.165, 1.54) is 29.1 Å². The summed E-state index contributed by atoms with van der Waals surface area (Å²) in [7, 11) is -4.62. The number of aliphatic hydroxyl groups is 2. The van der Waals surface area contributed by atoms with Crippen LogP contribution >= 0.6 is 7.82 Å². The molecule has 2 amide bonds. The molecule has 6 N–H and O–H groups in total. The summed E-state index contributed by atoms with van der Waals surface area (Å²) in [6, 6.07) is 22.3. The van der Waals surface area contributed by atoms with Crippen LogP contribution in [0.5, 0.6) is 0 Å². The predicted octanol–water partition coefficient (Wildman–Crippen LogP) is 1.69. The minimum atomic E-state index is -4.62. The Morgan fingerprint density at radius 3 is 2.35 bits per heavy atom. The van der Waals surface area contributed by atoms with Gasteiger partial charge in [0.25, 0.3) is 12.1 Å². The standard InChI is InChI=1S/C32H37N6O9P/c33-31(42)24-14-9-16-37(18-24)32-30(41)29(40)26(47-32)21-46-48(43,44)45-20-25-19-38(36-35-25)17-8-7-15-27(39)34-28(22-10-3-1-4-11-22)23-12-5-2-6-13-23/h1-6,9-14,16,18-19,26,28-30,32,40-41H,7-8,15,17,20-21H2,(H3-,33,34,39,42,43,44)/p+1/t26-,29-,30-,32-/m1/s1. The Balaban J connectivity index is 1.03. The lowest BCUT2D eigenvalue weighted by Crippen LogP contribution is -2.46. The average molecular weight is 682 g/mol. The fourth-order valence-corrected chi connectivity index (χ4v) is 5.92. The number of rotatable bonds is 16. The van der Waals surface area contributed by atoms with Crippen molar-refractivity contribution in [2.45, 2.75) is 63.0 Å². The number of phosphoric ester groups is 1. The number of nitrogens with zero attached hydrogens (tertiary/aromatic N) is 4. The summed E-state index contributed by atoms with van der Waals surface area (Å²) in [6.45, 7) is -0.489. The van der Waals surface area contributed by atoms with Gasteiger partial charge in [-0.05, 0) is 30.0 Å². The molecule has 1 saturated heterocycles. The van der Waals surface area contributed by atoms with Crippen molar-refractivity contribution in [2.24, 2.45) is 5.73 Å². The van der Waals surface area contributed by atoms with Crippen molar-refractivity contribution in [1.82, 2.24) is 20.3 Å². The number of amides is 2. The van der Waals surface area contributed by atoms with Crippen molar-refractivity contribution < 1.29 is 47.6 Å². The Bertz CT molecular complexity index is 1670. The maximum Gasteiger partial charge on any atom is 0.472 e. The van der Waals surface area contributed by atoms with E-state index in [2.05, 4.69) is 15.6 Å². The van der Waals surface area contributed by atoms with Crippen molar-refractivity contribution in [3.05, 3.63) is 114 Å². The number of hydrogen-bond donors (Lipinski definition) is 5. The SMILES string of the molecule is NC(=O)c1ccc[n+]([C@@H]2O[C@H](COP(=O)(O)OCc3cn(CCCCC(=O)NC(c4ccccc4)c4ccccc4)nn3)[C@@H](O)[C@H]2O)c1. The lowest BCUT2D eigenvalue weighted by molar-refractivity contribution is -0.765. The second-order valence-corrected chi connectivity index (χ2v) is 12.7. The molecule has 0 aliphatic carbocycles. The Kier molecular flexibility index (Phi) is 11.8. The Hall–Kier alpha value is -4.34. The highest BCUT2D eigenvalue weighted by Crippen LogP contribution is 2.45. The number of nitrogens with one attached hydrogen (secondary N) is 1. The molecule has 254 valence electrons. The molecule has 15 nitrogen and oxygen atoms in total. The fourth-order valence-electron chi connectivity index (χ4n) is 5.22. The number of primary amides is 1. The maximum atomic E-state index is 12.8. The molecule has 1 aliphatic heterocycles. The van der Waals surface area contributed by atoms with E-state index >= 15 is 0 Å². The van der Waals surface area contributed by atoms with E-state index < -0.39 is 44.9 Å². The van der Waals surface area contributed by atoms with Crippen LogP contribution in [-0.4, -0.2) is 66.8 Å². The Labute approximate surface area is 276 Å². The molecular formula is C32H38N6O9P+. The van der Waals surface area contributed by atoms with Gasteiger partial charge in [-0.3, -0.25) is 23.3 Å². The molecule has 2 aromatic heterocycles. The van der Waals surface area contributed by atoms with Gasteiger partial charge in [0.05, 0.1) is 18.8 Å². The van der Waals surface area contributed by atoms with Gasteiger partial charge in [-0.15, -0.1) is 5.10 Å². The first-order valence-electron chi connectivity index (χ1n) is 15.3. The first-order chi connectivity index (χ1) is 23.1. The van der Waals surface area contributed by atoms with Crippen molar-refractivity contribution in [2.75, 3.05) is 6.61 Å². The lowest BCUT2D eigenvalue weighted by Gasteiger charge is -2.20. The molecule has 5 atom stereocenters. The lowest BCUT2D eigenvalue weighted by atomic mass is 9.98. The first-order valence-corrected chi connectivity index (χ1v) is 16.8. The predicted molar refractivity (Wildman–Crippen MR) is 168 cm³/mol. The summed E-state index contributed by atoms with van der Waals surface area (Å²) >= 11 is 0. The molecule has 0 bridgehead atoms. The van der Waals surface area contributed by atoms with Crippen LogP contribution in [0.4, 0.5) is 0 Å². The van der Waals surface area contributed by atoms with Crippen molar-refractivity contribution in [3.8, 4) is 0 Å². The third kappa shape index (κ3) is 9.39. The zero-order chi connectivity index (χ0) is 34.1. The monoisotopic (exact) mass is 681 g/mol. The van der Waals surface area contributed by atoms with Gasteiger partial charge in [-0.2, -0.15) is 4.57 Å². The minimum absolute atomic E-state index is 0.0734. The molecule has 0 radical (unpaired) electrons. The number of aromatic nitrogens is 4. The first kappa shape index (κ1) is 35.0. The molecule has 1 aliphatic rings. The van der Waals surface area contributed by atoms with Crippen LogP contribution in [0.15, 0.2) is 91.4 Å². The van der Waals surface area contributed by atoms with Gasteiger partial charge in [-0.1, -0.05) is 65.9 Å². The number of carbonyl (C=O) groups is 2. The normalized spacial score (nSPS) is 20.4. The number of phosphoric acid groups is 1. The Morgan fingerprint density at radius 2 is 1.69 bits per heavy atom. The third-order valence-corrected chi connectivity index (χ3v) is 8.64. The molecule has 2 aromatic carbocycles. The van der Waals surface area contributed by atoms with Gasteiger partial charge < -0.3 is 30.9 Å². The largest absolute Gasteiger partial charge is 0.472 e. The summed E-state index contributed by atoms with van der Waals surface area (Å²) in [5, 5.41) is 31.9. The van der Waals surface area contributed by atoms with Gasteiger partial charge in [0.15, 0.2) is 18.5 Å². The van der Waals surface area contributed by atoms with Gasteiger partial charge >= 0.3 is 7.82 Å². The van der Waals surface area contributed by atoms with Gasteiger partial charge in [0.2, 0.25) is 5.91 Å². The highest BCUT2D eigenvalue weighted by molar-refractivity contribution is 7.47. The van der Waals surface area contributed by atoms with Gasteiger partial charge in [0, 0.05) is 19.0 Å². The van der Waals surface area contributed by atoms with Crippen molar-refractivity contribution >= 4 is 19.6 Å². The number of nitrogens with two attached hydrogens (primary N) is 1. The van der Waals surface area contributed by atoms with E-state index in [1.54, 1.807) is 10.9 Å². The van der Waals surface area contributed by atoms with Gasteiger partial charge in [0.1, 0.15) is 30.1 Å². The quantitative estimate of drug-likeness (QED) is 0.0652. The van der Waals surface area contributed by atoms with Crippen LogP contribution in [0, 0.1) is 0 Å². The molecular weight excluding hydrogens is 643 g/mol. The number of pyridine rings is 1. The zero-order valence-electron chi connectivity index (χ0n) is 25.9. The molecule has 3 heterocycles. The third-order valence-electron chi connectivity index (χ3n) is 7.71. The zero-order valence-corrected chi connectivity index (χ0v) is 26.8. The molecule has 1 unspecified atom stereocenters. The van der Waals surface area contributed by atoms with Crippen molar-refractivity contribution in [1.29, 1.82) is 0 Å². The van der Waals surface area contributed by atoms with Crippen LogP contribution in [0.1, 0.15) is 58.7 Å². The number of aryl methyl sites for hydroxylation is 1. The highest BCUT2D eigenvalue weighted by Gasteiger charge is 2.49. The number of carbonyl (C=O) groups excluding carboxylic acids is 2. The van der Waals surface area contributed by atoms with E-state index in [1.807, 2.05) is 60.7 Å². The summed E-state index contributed by atoms with van der Waals surface area (Å²) in [6.07, 6.45) is 0.829. The highest BCUT2D eigenvalue weighted by atomic mass is 31.2. The van der Waals surface area contributed by atoms with Crippen LogP contribution in [0.3, 0.4) is 0 Å². The van der Waals surface area contributed by atoms with Crippen LogP contribution in [0.2, 0.25) is 0 Å². The number of aliphatic hydroxyl groups excluding tert-OH is 2. The topological polar surface area (TPSA) is 212 Å². The number of benzene rings is 2. The summed E-state index contributed by atoms with van der Waals surface area (Å²) < 4.78 is 31.1. The summed E-state index contributed by atoms with van der Waals surface area (Å²) in [4.78, 5) is 34.5. The van der Waals surface area contributed by atoms with E-state index in [-0.39, 0.29) is 29.8 Å². The molecule has 0 spiro atoms. The molecule has 0 saturated carbocycles.